The Balaban J connectivity index is 1.98. The van der Waals surface area contributed by atoms with Crippen LogP contribution in [0.25, 0.3) is 0 Å². The molecule has 4 heteroatoms. The largest absolute Gasteiger partial charge is 0.467 e. The van der Waals surface area contributed by atoms with Crippen LogP contribution in [0.3, 0.4) is 0 Å². The van der Waals surface area contributed by atoms with Gasteiger partial charge in [-0.3, -0.25) is 0 Å². The summed E-state index contributed by atoms with van der Waals surface area (Å²) in [5, 5.41) is 0. The Labute approximate surface area is 93.1 Å². The van der Waals surface area contributed by atoms with E-state index in [2.05, 4.69) is 0 Å². The van der Waals surface area contributed by atoms with Crippen LogP contribution in [0.4, 0.5) is 0 Å². The van der Waals surface area contributed by atoms with Gasteiger partial charge in [0.1, 0.15) is 0 Å². The Hall–Kier alpha value is -1.39. The smallest absolute Gasteiger partial charge is 0.338 e. The molecular weight excluding hydrogens is 208 g/mol. The van der Waals surface area contributed by atoms with Gasteiger partial charge in [-0.2, -0.15) is 0 Å². The van der Waals surface area contributed by atoms with Crippen molar-refractivity contribution in [3.8, 4) is 0 Å². The minimum atomic E-state index is -0.595. The number of rotatable bonds is 1. The lowest BCUT2D eigenvalue weighted by atomic mass is 9.90. The lowest BCUT2D eigenvalue weighted by Gasteiger charge is -2.22. The highest BCUT2D eigenvalue weighted by molar-refractivity contribution is 5.80. The van der Waals surface area contributed by atoms with Crippen molar-refractivity contribution in [3.05, 3.63) is 35.4 Å². The maximum Gasteiger partial charge on any atom is 0.338 e. The Kier molecular flexibility index (Phi) is 2.02. The first-order valence-electron chi connectivity index (χ1n) is 5.20. The molecule has 0 amide bonds. The number of ether oxygens (including phenoxy) is 3. The van der Waals surface area contributed by atoms with Crippen molar-refractivity contribution in [2.24, 2.45) is 0 Å². The van der Waals surface area contributed by atoms with Gasteiger partial charge in [0.15, 0.2) is 11.7 Å². The number of carbonyl (C=O) groups is 1. The van der Waals surface area contributed by atoms with E-state index in [1.165, 1.54) is 7.11 Å². The molecule has 2 atom stereocenters. The third kappa shape index (κ3) is 1.20. The fraction of sp³-hybridized carbons (Fsp3) is 0.417. The highest BCUT2D eigenvalue weighted by Gasteiger charge is 2.64. The highest BCUT2D eigenvalue weighted by atomic mass is 16.7. The van der Waals surface area contributed by atoms with E-state index >= 15 is 0 Å². The average Bonchev–Trinajstić information content (AvgIpc) is 3.04. The van der Waals surface area contributed by atoms with Gasteiger partial charge in [0, 0.05) is 0 Å². The van der Waals surface area contributed by atoms with Crippen molar-refractivity contribution >= 4 is 5.97 Å². The molecule has 1 aromatic carbocycles. The SMILES string of the molecule is COC(=O)C1OC12COCc1ccccc12. The molecule has 0 aliphatic carbocycles. The van der Waals surface area contributed by atoms with Crippen molar-refractivity contribution in [1.29, 1.82) is 0 Å². The van der Waals surface area contributed by atoms with Gasteiger partial charge in [0.05, 0.1) is 20.3 Å². The lowest BCUT2D eigenvalue weighted by Crippen LogP contribution is -2.30. The standard InChI is InChI=1S/C12H12O4/c1-14-11(13)10-12(16-10)7-15-6-8-4-2-3-5-9(8)12/h2-5,10H,6-7H2,1H3. The van der Waals surface area contributed by atoms with Gasteiger partial charge >= 0.3 is 5.97 Å². The monoisotopic (exact) mass is 220 g/mol. The number of epoxide rings is 1. The van der Waals surface area contributed by atoms with Crippen LogP contribution in [0.15, 0.2) is 24.3 Å². The van der Waals surface area contributed by atoms with Gasteiger partial charge in [-0.05, 0) is 11.1 Å². The molecule has 16 heavy (non-hydrogen) atoms. The highest BCUT2D eigenvalue weighted by Crippen LogP contribution is 2.50. The molecular formula is C12H12O4. The van der Waals surface area contributed by atoms with Gasteiger partial charge in [-0.1, -0.05) is 24.3 Å². The van der Waals surface area contributed by atoms with Crippen LogP contribution in [0.1, 0.15) is 11.1 Å². The molecule has 0 N–H and O–H groups in total. The van der Waals surface area contributed by atoms with Gasteiger partial charge in [0.2, 0.25) is 0 Å². The second kappa shape index (κ2) is 3.30. The molecule has 0 saturated carbocycles. The summed E-state index contributed by atoms with van der Waals surface area (Å²) in [6.45, 7) is 0.999. The van der Waals surface area contributed by atoms with Gasteiger partial charge in [-0.25, -0.2) is 4.79 Å². The Morgan fingerprint density at radius 2 is 2.31 bits per heavy atom. The summed E-state index contributed by atoms with van der Waals surface area (Å²) in [6, 6.07) is 7.88. The van der Waals surface area contributed by atoms with Crippen LogP contribution in [-0.2, 0) is 31.2 Å². The first-order valence-corrected chi connectivity index (χ1v) is 5.20. The number of carbonyl (C=O) groups excluding carboxylic acids is 1. The summed E-state index contributed by atoms with van der Waals surface area (Å²) < 4.78 is 15.7. The Morgan fingerprint density at radius 3 is 3.12 bits per heavy atom. The molecule has 2 heterocycles. The van der Waals surface area contributed by atoms with E-state index in [1.807, 2.05) is 24.3 Å². The summed E-state index contributed by atoms with van der Waals surface area (Å²) in [7, 11) is 1.37. The lowest BCUT2D eigenvalue weighted by molar-refractivity contribution is -0.142. The first-order chi connectivity index (χ1) is 7.78. The quantitative estimate of drug-likeness (QED) is 0.523. The van der Waals surface area contributed by atoms with Crippen molar-refractivity contribution in [2.45, 2.75) is 18.3 Å². The fourth-order valence-corrected chi connectivity index (χ4v) is 2.29. The zero-order valence-electron chi connectivity index (χ0n) is 8.93. The predicted molar refractivity (Wildman–Crippen MR) is 54.7 cm³/mol. The molecule has 0 bridgehead atoms. The van der Waals surface area contributed by atoms with E-state index in [1.54, 1.807) is 0 Å². The second-order valence-electron chi connectivity index (χ2n) is 4.06. The van der Waals surface area contributed by atoms with E-state index in [0.717, 1.165) is 11.1 Å². The molecule has 1 fully saturated rings. The Bertz CT molecular complexity index is 442. The molecule has 0 radical (unpaired) electrons. The number of hydrogen-bond acceptors (Lipinski definition) is 4. The molecule has 1 saturated heterocycles. The van der Waals surface area contributed by atoms with Crippen molar-refractivity contribution < 1.29 is 19.0 Å². The molecule has 4 nitrogen and oxygen atoms in total. The fourth-order valence-electron chi connectivity index (χ4n) is 2.29. The molecule has 3 rings (SSSR count). The molecule has 2 aliphatic heterocycles. The van der Waals surface area contributed by atoms with Crippen molar-refractivity contribution in [2.75, 3.05) is 13.7 Å². The second-order valence-corrected chi connectivity index (χ2v) is 4.06. The van der Waals surface area contributed by atoms with Crippen LogP contribution >= 0.6 is 0 Å². The van der Waals surface area contributed by atoms with Crippen LogP contribution < -0.4 is 0 Å². The summed E-state index contributed by atoms with van der Waals surface area (Å²) >= 11 is 0. The van der Waals surface area contributed by atoms with Crippen LogP contribution in [0.5, 0.6) is 0 Å². The summed E-state index contributed by atoms with van der Waals surface area (Å²) in [6.07, 6.45) is -0.515. The number of hydrogen-bond donors (Lipinski definition) is 0. The van der Waals surface area contributed by atoms with Gasteiger partial charge in [0.25, 0.3) is 0 Å². The minimum absolute atomic E-state index is 0.333. The van der Waals surface area contributed by atoms with Crippen molar-refractivity contribution in [3.63, 3.8) is 0 Å². The third-order valence-corrected chi connectivity index (χ3v) is 3.16. The number of fused-ring (bicyclic) bond motifs is 2. The molecule has 1 aromatic rings. The first kappa shape index (κ1) is 9.81. The average molecular weight is 220 g/mol. The van der Waals surface area contributed by atoms with E-state index in [9.17, 15) is 4.79 Å². The summed E-state index contributed by atoms with van der Waals surface area (Å²) in [4.78, 5) is 11.5. The van der Waals surface area contributed by atoms with Gasteiger partial charge in [-0.15, -0.1) is 0 Å². The Morgan fingerprint density at radius 1 is 1.50 bits per heavy atom. The van der Waals surface area contributed by atoms with Gasteiger partial charge < -0.3 is 14.2 Å². The summed E-state index contributed by atoms with van der Waals surface area (Å²) in [5.74, 6) is -0.333. The molecule has 2 unspecified atom stereocenters. The zero-order valence-corrected chi connectivity index (χ0v) is 8.93. The van der Waals surface area contributed by atoms with E-state index in [0.29, 0.717) is 13.2 Å². The number of esters is 1. The van der Waals surface area contributed by atoms with E-state index in [-0.39, 0.29) is 5.97 Å². The predicted octanol–water partition coefficient (Wildman–Crippen LogP) is 0.984. The van der Waals surface area contributed by atoms with Crippen LogP contribution in [0.2, 0.25) is 0 Å². The molecule has 1 spiro atoms. The molecule has 84 valence electrons. The minimum Gasteiger partial charge on any atom is -0.467 e. The van der Waals surface area contributed by atoms with Crippen LogP contribution in [0, 0.1) is 0 Å². The van der Waals surface area contributed by atoms with Crippen LogP contribution in [-0.4, -0.2) is 25.8 Å². The van der Waals surface area contributed by atoms with E-state index in [4.69, 9.17) is 14.2 Å². The molecule has 2 aliphatic rings. The maximum absolute atomic E-state index is 11.5. The summed E-state index contributed by atoms with van der Waals surface area (Å²) in [5.41, 5.74) is 1.54. The number of methoxy groups -OCH3 is 1. The molecule has 0 aromatic heterocycles. The zero-order chi connectivity index (χ0) is 11.2. The number of benzene rings is 1. The normalized spacial score (nSPS) is 30.9. The van der Waals surface area contributed by atoms with Crippen molar-refractivity contribution in [1.82, 2.24) is 0 Å². The maximum atomic E-state index is 11.5. The topological polar surface area (TPSA) is 48.1 Å². The van der Waals surface area contributed by atoms with E-state index < -0.39 is 11.7 Å². The third-order valence-electron chi connectivity index (χ3n) is 3.16.